The van der Waals surface area contributed by atoms with E-state index in [-0.39, 0.29) is 0 Å². The van der Waals surface area contributed by atoms with Gasteiger partial charge < -0.3 is 5.73 Å². The number of nitrogens with two attached hydrogens (primary N) is 1. The average molecular weight is 281 g/mol. The third-order valence-electron chi connectivity index (χ3n) is 2.70. The molecule has 96 valence electrons. The molecule has 2 rings (SSSR count). The van der Waals surface area contributed by atoms with Crippen LogP contribution in [0.2, 0.25) is 5.02 Å². The Labute approximate surface area is 117 Å². The van der Waals surface area contributed by atoms with Crippen LogP contribution < -0.4 is 5.73 Å². The zero-order valence-corrected chi connectivity index (χ0v) is 12.2. The summed E-state index contributed by atoms with van der Waals surface area (Å²) in [6.45, 7) is 4.98. The molecule has 2 aromatic rings. The smallest absolute Gasteiger partial charge is 0.0960 e. The molecule has 0 saturated carbocycles. The number of nitrogens with zero attached hydrogens (tertiary/aromatic N) is 1. The number of rotatable bonds is 4. The van der Waals surface area contributed by atoms with Gasteiger partial charge in [0.25, 0.3) is 0 Å². The molecule has 2 nitrogen and oxygen atoms in total. The lowest BCUT2D eigenvalue weighted by atomic mass is 10.1. The number of halogens is 1. The van der Waals surface area contributed by atoms with E-state index in [2.05, 4.69) is 13.8 Å². The van der Waals surface area contributed by atoms with Crippen LogP contribution in [-0.2, 0) is 6.42 Å². The summed E-state index contributed by atoms with van der Waals surface area (Å²) in [5.41, 5.74) is 7.85. The molecule has 1 heterocycles. The molecular formula is C14H17ClN2S. The highest BCUT2D eigenvalue weighted by Gasteiger charge is 2.14. The standard InChI is InChI=1S/C14H17ClN2S/c1-9(2)14-17-13(12(18-14)7-8-16)10-3-5-11(15)6-4-10/h3-6,9H,7-8,16H2,1-2H3. The Hall–Kier alpha value is -0.900. The van der Waals surface area contributed by atoms with Gasteiger partial charge in [0, 0.05) is 21.4 Å². The summed E-state index contributed by atoms with van der Waals surface area (Å²) in [5, 5.41) is 1.92. The maximum atomic E-state index is 5.92. The first-order valence-electron chi connectivity index (χ1n) is 6.07. The average Bonchev–Trinajstić information content (AvgIpc) is 2.75. The Morgan fingerprint density at radius 3 is 2.50 bits per heavy atom. The maximum absolute atomic E-state index is 5.92. The van der Waals surface area contributed by atoms with E-state index in [0.29, 0.717) is 12.5 Å². The first kappa shape index (κ1) is 13.5. The molecule has 0 spiro atoms. The summed E-state index contributed by atoms with van der Waals surface area (Å²) in [5.74, 6) is 0.451. The van der Waals surface area contributed by atoms with Crippen molar-refractivity contribution < 1.29 is 0 Å². The van der Waals surface area contributed by atoms with Crippen LogP contribution in [0, 0.1) is 0 Å². The van der Waals surface area contributed by atoms with Crippen LogP contribution in [0.3, 0.4) is 0 Å². The summed E-state index contributed by atoms with van der Waals surface area (Å²) in [6, 6.07) is 7.83. The van der Waals surface area contributed by atoms with Crippen molar-refractivity contribution in [2.75, 3.05) is 6.54 Å². The molecule has 0 saturated heterocycles. The predicted molar refractivity (Wildman–Crippen MR) is 79.4 cm³/mol. The van der Waals surface area contributed by atoms with Crippen LogP contribution in [0.4, 0.5) is 0 Å². The number of benzene rings is 1. The fourth-order valence-electron chi connectivity index (χ4n) is 1.75. The fraction of sp³-hybridized carbons (Fsp3) is 0.357. The molecule has 0 aliphatic heterocycles. The highest BCUT2D eigenvalue weighted by atomic mass is 35.5. The summed E-state index contributed by atoms with van der Waals surface area (Å²) < 4.78 is 0. The molecule has 2 N–H and O–H groups in total. The van der Waals surface area contributed by atoms with Gasteiger partial charge in [-0.1, -0.05) is 37.6 Å². The lowest BCUT2D eigenvalue weighted by molar-refractivity contribution is 0.853. The first-order chi connectivity index (χ1) is 8.61. The normalized spacial score (nSPS) is 11.2. The predicted octanol–water partition coefficient (Wildman–Crippen LogP) is 4.09. The lowest BCUT2D eigenvalue weighted by Gasteiger charge is -2.01. The number of aromatic nitrogens is 1. The van der Waals surface area contributed by atoms with Crippen molar-refractivity contribution in [3.8, 4) is 11.3 Å². The van der Waals surface area contributed by atoms with Crippen LogP contribution in [0.1, 0.15) is 29.7 Å². The highest BCUT2D eigenvalue weighted by Crippen LogP contribution is 2.32. The SMILES string of the molecule is CC(C)c1nc(-c2ccc(Cl)cc2)c(CCN)s1. The van der Waals surface area contributed by atoms with Gasteiger partial charge in [-0.05, 0) is 25.1 Å². The fourth-order valence-corrected chi connectivity index (χ4v) is 2.98. The minimum Gasteiger partial charge on any atom is -0.330 e. The molecule has 0 aliphatic carbocycles. The Balaban J connectivity index is 2.44. The molecule has 0 unspecified atom stereocenters. The number of hydrogen-bond donors (Lipinski definition) is 1. The lowest BCUT2D eigenvalue weighted by Crippen LogP contribution is -2.02. The monoisotopic (exact) mass is 280 g/mol. The van der Waals surface area contributed by atoms with E-state index in [4.69, 9.17) is 22.3 Å². The van der Waals surface area contributed by atoms with Crippen molar-refractivity contribution in [1.82, 2.24) is 4.98 Å². The first-order valence-corrected chi connectivity index (χ1v) is 7.27. The summed E-state index contributed by atoms with van der Waals surface area (Å²) in [6.07, 6.45) is 0.877. The molecule has 0 bridgehead atoms. The Bertz CT molecular complexity index is 517. The third kappa shape index (κ3) is 2.91. The van der Waals surface area contributed by atoms with E-state index in [1.54, 1.807) is 11.3 Å². The van der Waals surface area contributed by atoms with Gasteiger partial charge in [-0.25, -0.2) is 4.98 Å². The zero-order valence-electron chi connectivity index (χ0n) is 10.6. The van der Waals surface area contributed by atoms with Gasteiger partial charge >= 0.3 is 0 Å². The topological polar surface area (TPSA) is 38.9 Å². The molecule has 0 fully saturated rings. The quantitative estimate of drug-likeness (QED) is 0.916. The molecule has 0 atom stereocenters. The van der Waals surface area contributed by atoms with Crippen molar-refractivity contribution in [3.63, 3.8) is 0 Å². The minimum atomic E-state index is 0.451. The molecule has 0 amide bonds. The molecule has 1 aromatic carbocycles. The minimum absolute atomic E-state index is 0.451. The van der Waals surface area contributed by atoms with Gasteiger partial charge in [-0.2, -0.15) is 0 Å². The highest BCUT2D eigenvalue weighted by molar-refractivity contribution is 7.12. The van der Waals surface area contributed by atoms with Crippen molar-refractivity contribution >= 4 is 22.9 Å². The molecule has 0 radical (unpaired) electrons. The van der Waals surface area contributed by atoms with E-state index >= 15 is 0 Å². The van der Waals surface area contributed by atoms with Gasteiger partial charge in [-0.3, -0.25) is 0 Å². The van der Waals surface area contributed by atoms with Gasteiger partial charge in [-0.15, -0.1) is 11.3 Å². The molecule has 18 heavy (non-hydrogen) atoms. The second kappa shape index (κ2) is 5.83. The van der Waals surface area contributed by atoms with Gasteiger partial charge in [0.15, 0.2) is 0 Å². The Morgan fingerprint density at radius 1 is 1.28 bits per heavy atom. The van der Waals surface area contributed by atoms with Gasteiger partial charge in [0.05, 0.1) is 10.7 Å². The van der Waals surface area contributed by atoms with E-state index in [9.17, 15) is 0 Å². The van der Waals surface area contributed by atoms with Crippen LogP contribution >= 0.6 is 22.9 Å². The molecular weight excluding hydrogens is 264 g/mol. The second-order valence-electron chi connectivity index (χ2n) is 4.52. The molecule has 4 heteroatoms. The third-order valence-corrected chi connectivity index (χ3v) is 4.36. The van der Waals surface area contributed by atoms with Crippen LogP contribution in [-0.4, -0.2) is 11.5 Å². The number of hydrogen-bond acceptors (Lipinski definition) is 3. The van der Waals surface area contributed by atoms with E-state index < -0.39 is 0 Å². The Kier molecular flexibility index (Phi) is 4.38. The van der Waals surface area contributed by atoms with Gasteiger partial charge in [0.1, 0.15) is 0 Å². The van der Waals surface area contributed by atoms with Crippen LogP contribution in [0.15, 0.2) is 24.3 Å². The largest absolute Gasteiger partial charge is 0.330 e. The van der Waals surface area contributed by atoms with Crippen LogP contribution in [0.5, 0.6) is 0 Å². The summed E-state index contributed by atoms with van der Waals surface area (Å²) in [7, 11) is 0. The second-order valence-corrected chi connectivity index (χ2v) is 6.08. The van der Waals surface area contributed by atoms with Crippen molar-refractivity contribution in [2.45, 2.75) is 26.2 Å². The van der Waals surface area contributed by atoms with Gasteiger partial charge in [0.2, 0.25) is 0 Å². The van der Waals surface area contributed by atoms with Crippen molar-refractivity contribution in [1.29, 1.82) is 0 Å². The van der Waals surface area contributed by atoms with E-state index in [1.165, 1.54) is 9.88 Å². The van der Waals surface area contributed by atoms with Crippen molar-refractivity contribution in [3.05, 3.63) is 39.2 Å². The Morgan fingerprint density at radius 2 is 1.94 bits per heavy atom. The molecule has 0 aliphatic rings. The summed E-state index contributed by atoms with van der Waals surface area (Å²) in [4.78, 5) is 6.02. The zero-order chi connectivity index (χ0) is 13.1. The van der Waals surface area contributed by atoms with E-state index in [1.807, 2.05) is 24.3 Å². The van der Waals surface area contributed by atoms with E-state index in [0.717, 1.165) is 22.7 Å². The summed E-state index contributed by atoms with van der Waals surface area (Å²) >= 11 is 7.69. The van der Waals surface area contributed by atoms with Crippen LogP contribution in [0.25, 0.3) is 11.3 Å². The maximum Gasteiger partial charge on any atom is 0.0960 e. The van der Waals surface area contributed by atoms with Crippen molar-refractivity contribution in [2.24, 2.45) is 5.73 Å². The number of thiazole rings is 1. The molecule has 1 aromatic heterocycles.